The molecule has 0 saturated carbocycles. The number of hydrogen-bond acceptors (Lipinski definition) is 3. The van der Waals surface area contributed by atoms with E-state index in [4.69, 9.17) is 6.42 Å². The molecular formula is C15H12FN3O3. The van der Waals surface area contributed by atoms with Crippen LogP contribution in [0.4, 0.5) is 4.39 Å². The van der Waals surface area contributed by atoms with Crippen LogP contribution in [-0.2, 0) is 4.79 Å². The molecule has 0 bridgehead atoms. The van der Waals surface area contributed by atoms with Crippen LogP contribution in [0.15, 0.2) is 30.7 Å². The Morgan fingerprint density at radius 2 is 2.23 bits per heavy atom. The van der Waals surface area contributed by atoms with Crippen molar-refractivity contribution in [3.8, 4) is 12.3 Å². The van der Waals surface area contributed by atoms with Crippen LogP contribution in [0.3, 0.4) is 0 Å². The van der Waals surface area contributed by atoms with Crippen molar-refractivity contribution in [2.45, 2.75) is 6.04 Å². The summed E-state index contributed by atoms with van der Waals surface area (Å²) in [7, 11) is 1.31. The Morgan fingerprint density at radius 3 is 2.73 bits per heavy atom. The molecule has 22 heavy (non-hydrogen) atoms. The maximum atomic E-state index is 13.7. The molecule has 0 fully saturated rings. The molecule has 7 heteroatoms. The molecule has 1 unspecified atom stereocenters. The molecule has 6 nitrogen and oxygen atoms in total. The highest BCUT2D eigenvalue weighted by Crippen LogP contribution is 2.20. The third-order valence-corrected chi connectivity index (χ3v) is 3.13. The average molecular weight is 301 g/mol. The van der Waals surface area contributed by atoms with Crippen molar-refractivity contribution in [3.63, 3.8) is 0 Å². The number of carbonyl (C=O) groups is 2. The third kappa shape index (κ3) is 2.81. The van der Waals surface area contributed by atoms with Gasteiger partial charge in [0, 0.05) is 12.6 Å². The first-order valence-corrected chi connectivity index (χ1v) is 6.20. The molecule has 2 rings (SSSR count). The Morgan fingerprint density at radius 1 is 1.50 bits per heavy atom. The maximum Gasteiger partial charge on any atom is 0.332 e. The highest BCUT2D eigenvalue weighted by molar-refractivity contribution is 5.96. The summed E-state index contributed by atoms with van der Waals surface area (Å²) >= 11 is 0. The van der Waals surface area contributed by atoms with Crippen molar-refractivity contribution >= 4 is 11.9 Å². The van der Waals surface area contributed by atoms with Crippen LogP contribution >= 0.6 is 0 Å². The van der Waals surface area contributed by atoms with Gasteiger partial charge in [0.15, 0.2) is 6.04 Å². The summed E-state index contributed by atoms with van der Waals surface area (Å²) in [5.74, 6) is -0.450. The molecule has 0 spiro atoms. The summed E-state index contributed by atoms with van der Waals surface area (Å²) in [5.41, 5.74) is 0.274. The molecule has 0 aliphatic heterocycles. The number of aromatic nitrogens is 2. The lowest BCUT2D eigenvalue weighted by atomic mass is 10.1. The van der Waals surface area contributed by atoms with E-state index in [1.54, 1.807) is 0 Å². The molecule has 2 aromatic rings. The van der Waals surface area contributed by atoms with Crippen LogP contribution in [0.1, 0.15) is 27.7 Å². The minimum atomic E-state index is -1.26. The topological polar surface area (TPSA) is 86.3 Å². The van der Waals surface area contributed by atoms with E-state index >= 15 is 0 Å². The zero-order valence-electron chi connectivity index (χ0n) is 11.6. The molecule has 1 aromatic carbocycles. The molecule has 1 atom stereocenters. The fraction of sp³-hybridized carbons (Fsp3) is 0.133. The number of rotatable bonds is 4. The molecule has 0 saturated heterocycles. The van der Waals surface area contributed by atoms with E-state index in [1.165, 1.54) is 31.7 Å². The molecule has 1 heterocycles. The van der Waals surface area contributed by atoms with Gasteiger partial charge in [-0.3, -0.25) is 4.79 Å². The summed E-state index contributed by atoms with van der Waals surface area (Å²) in [6, 6.07) is 2.37. The van der Waals surface area contributed by atoms with Gasteiger partial charge in [0.2, 0.25) is 0 Å². The maximum absolute atomic E-state index is 13.7. The van der Waals surface area contributed by atoms with E-state index < -0.39 is 23.7 Å². The minimum absolute atomic E-state index is 0.00441. The Hall–Kier alpha value is -3.14. The van der Waals surface area contributed by atoms with Gasteiger partial charge in [-0.05, 0) is 18.2 Å². The van der Waals surface area contributed by atoms with Gasteiger partial charge in [-0.15, -0.1) is 6.42 Å². The molecule has 2 N–H and O–H groups in total. The second kappa shape index (κ2) is 6.10. The van der Waals surface area contributed by atoms with Crippen molar-refractivity contribution in [1.82, 2.24) is 14.9 Å². The summed E-state index contributed by atoms with van der Waals surface area (Å²) in [6.45, 7) is 0. The highest BCUT2D eigenvalue weighted by atomic mass is 19.1. The van der Waals surface area contributed by atoms with Crippen molar-refractivity contribution in [2.24, 2.45) is 0 Å². The lowest BCUT2D eigenvalue weighted by molar-refractivity contribution is -0.142. The third-order valence-electron chi connectivity index (χ3n) is 3.13. The normalized spacial score (nSPS) is 11.5. The van der Waals surface area contributed by atoms with E-state index in [9.17, 15) is 19.1 Å². The van der Waals surface area contributed by atoms with E-state index in [2.05, 4.69) is 15.9 Å². The number of nitrogens with one attached hydrogen (secondary N) is 1. The molecule has 1 amide bonds. The first-order valence-electron chi connectivity index (χ1n) is 6.20. The Kier molecular flexibility index (Phi) is 4.23. The van der Waals surface area contributed by atoms with Gasteiger partial charge in [-0.1, -0.05) is 5.92 Å². The number of aromatic amines is 1. The molecule has 1 aromatic heterocycles. The number of carboxylic acid groups (broad SMARTS) is 1. The van der Waals surface area contributed by atoms with Crippen molar-refractivity contribution in [3.05, 3.63) is 53.4 Å². The van der Waals surface area contributed by atoms with Crippen LogP contribution in [-0.4, -0.2) is 38.9 Å². The first kappa shape index (κ1) is 15.3. The van der Waals surface area contributed by atoms with Gasteiger partial charge in [-0.2, -0.15) is 0 Å². The number of amides is 1. The smallest absolute Gasteiger partial charge is 0.332 e. The monoisotopic (exact) mass is 301 g/mol. The number of hydrogen-bond donors (Lipinski definition) is 2. The standard InChI is InChI=1S/C15H12FN3O3/c1-3-9-4-5-10(6-11(9)16)14(20)19(2)13(15(21)22)12-7-17-8-18-12/h1,4-8,13H,2H3,(H,17,18)(H,21,22). The summed E-state index contributed by atoms with van der Waals surface area (Å²) in [4.78, 5) is 31.1. The van der Waals surface area contributed by atoms with Crippen LogP contribution in [0.5, 0.6) is 0 Å². The number of nitrogens with zero attached hydrogens (tertiary/aromatic N) is 2. The number of carboxylic acids is 1. The average Bonchev–Trinajstić information content (AvgIpc) is 2.99. The van der Waals surface area contributed by atoms with Crippen LogP contribution < -0.4 is 0 Å². The number of imidazole rings is 1. The predicted molar refractivity (Wildman–Crippen MR) is 75.4 cm³/mol. The zero-order chi connectivity index (χ0) is 16.3. The van der Waals surface area contributed by atoms with Crippen LogP contribution in [0, 0.1) is 18.2 Å². The largest absolute Gasteiger partial charge is 0.479 e. The number of terminal acetylenes is 1. The van der Waals surface area contributed by atoms with Crippen LogP contribution in [0.2, 0.25) is 0 Å². The van der Waals surface area contributed by atoms with Gasteiger partial charge in [0.25, 0.3) is 5.91 Å². The highest BCUT2D eigenvalue weighted by Gasteiger charge is 2.30. The summed E-state index contributed by atoms with van der Waals surface area (Å²) in [6.07, 6.45) is 7.74. The first-order chi connectivity index (χ1) is 10.5. The Bertz CT molecular complexity index is 750. The minimum Gasteiger partial charge on any atom is -0.479 e. The van der Waals surface area contributed by atoms with Gasteiger partial charge in [0.1, 0.15) is 5.82 Å². The number of H-pyrrole nitrogens is 1. The van der Waals surface area contributed by atoms with Gasteiger partial charge in [-0.25, -0.2) is 14.2 Å². The summed E-state index contributed by atoms with van der Waals surface area (Å²) < 4.78 is 13.7. The van der Waals surface area contributed by atoms with E-state index in [1.807, 2.05) is 0 Å². The molecule has 112 valence electrons. The predicted octanol–water partition coefficient (Wildman–Crippen LogP) is 1.43. The number of carbonyl (C=O) groups excluding carboxylic acids is 1. The fourth-order valence-electron chi connectivity index (χ4n) is 2.01. The summed E-state index contributed by atoms with van der Waals surface area (Å²) in [5, 5.41) is 9.31. The lowest BCUT2D eigenvalue weighted by Crippen LogP contribution is -2.36. The second-order valence-corrected chi connectivity index (χ2v) is 4.50. The molecule has 0 radical (unpaired) electrons. The van der Waals surface area contributed by atoms with Crippen molar-refractivity contribution in [1.29, 1.82) is 0 Å². The van der Waals surface area contributed by atoms with Crippen molar-refractivity contribution < 1.29 is 19.1 Å². The van der Waals surface area contributed by atoms with Crippen LogP contribution in [0.25, 0.3) is 0 Å². The Labute approximate surface area is 125 Å². The molecule has 0 aliphatic carbocycles. The SMILES string of the molecule is C#Cc1ccc(C(=O)N(C)C(C(=O)O)c2cnc[nH]2)cc1F. The number of halogens is 1. The molecule has 0 aliphatic rings. The van der Waals surface area contributed by atoms with E-state index in [-0.39, 0.29) is 16.8 Å². The number of aliphatic carboxylic acids is 1. The molecular weight excluding hydrogens is 289 g/mol. The fourth-order valence-corrected chi connectivity index (χ4v) is 2.01. The van der Waals surface area contributed by atoms with Gasteiger partial charge >= 0.3 is 5.97 Å². The lowest BCUT2D eigenvalue weighted by Gasteiger charge is -2.24. The van der Waals surface area contributed by atoms with Gasteiger partial charge < -0.3 is 15.0 Å². The van der Waals surface area contributed by atoms with E-state index in [0.29, 0.717) is 0 Å². The van der Waals surface area contributed by atoms with Gasteiger partial charge in [0.05, 0.1) is 23.8 Å². The number of benzene rings is 1. The zero-order valence-corrected chi connectivity index (χ0v) is 11.6. The quantitative estimate of drug-likeness (QED) is 0.836. The Balaban J connectivity index is 2.33. The second-order valence-electron chi connectivity index (χ2n) is 4.50. The number of likely N-dealkylation sites (N-methyl/N-ethyl adjacent to an activating group) is 1. The van der Waals surface area contributed by atoms with E-state index in [0.717, 1.165) is 11.0 Å². The van der Waals surface area contributed by atoms with Crippen molar-refractivity contribution in [2.75, 3.05) is 7.05 Å².